The van der Waals surface area contributed by atoms with E-state index in [0.717, 1.165) is 51.2 Å². The van der Waals surface area contributed by atoms with Crippen LogP contribution in [0, 0.1) is 0 Å². The molecule has 2 unspecified atom stereocenters. The molecule has 0 aromatic heterocycles. The zero-order chi connectivity index (χ0) is 13.9. The van der Waals surface area contributed by atoms with Gasteiger partial charge < -0.3 is 10.4 Å². The standard InChI is InChI=1S/C15H28N2O2/c1-3-10-16-15(14(18)19)9-5-6-13(11-15)17(4-2)12-7-8-12/h12-13,16H,3-11H2,1-2H3,(H,18,19). The molecule has 2 rings (SSSR count). The van der Waals surface area contributed by atoms with Gasteiger partial charge in [0.15, 0.2) is 0 Å². The second-order valence-electron chi connectivity index (χ2n) is 6.13. The number of hydrogen-bond donors (Lipinski definition) is 2. The number of nitrogens with zero attached hydrogens (tertiary/aromatic N) is 1. The van der Waals surface area contributed by atoms with Crippen molar-refractivity contribution >= 4 is 5.97 Å². The molecule has 2 atom stereocenters. The van der Waals surface area contributed by atoms with Gasteiger partial charge >= 0.3 is 5.97 Å². The number of carboxylic acids is 1. The molecule has 2 aliphatic carbocycles. The van der Waals surface area contributed by atoms with Crippen molar-refractivity contribution in [1.82, 2.24) is 10.2 Å². The van der Waals surface area contributed by atoms with Gasteiger partial charge in [-0.25, -0.2) is 0 Å². The first-order chi connectivity index (χ1) is 9.13. The van der Waals surface area contributed by atoms with Crippen molar-refractivity contribution in [2.75, 3.05) is 13.1 Å². The average molecular weight is 268 g/mol. The van der Waals surface area contributed by atoms with Crippen LogP contribution in [-0.2, 0) is 4.79 Å². The minimum absolute atomic E-state index is 0.451. The fourth-order valence-corrected chi connectivity index (χ4v) is 3.54. The van der Waals surface area contributed by atoms with Crippen LogP contribution in [0.4, 0.5) is 0 Å². The maximum absolute atomic E-state index is 11.7. The molecule has 2 N–H and O–H groups in total. The lowest BCUT2D eigenvalue weighted by molar-refractivity contribution is -0.147. The van der Waals surface area contributed by atoms with E-state index in [4.69, 9.17) is 0 Å². The molecule has 4 nitrogen and oxygen atoms in total. The van der Waals surface area contributed by atoms with E-state index >= 15 is 0 Å². The Kier molecular flexibility index (Phi) is 4.85. The molecule has 0 spiro atoms. The van der Waals surface area contributed by atoms with E-state index in [9.17, 15) is 9.90 Å². The van der Waals surface area contributed by atoms with Crippen LogP contribution in [0.15, 0.2) is 0 Å². The van der Waals surface area contributed by atoms with Crippen LogP contribution in [0.1, 0.15) is 58.8 Å². The van der Waals surface area contributed by atoms with Crippen molar-refractivity contribution in [3.63, 3.8) is 0 Å². The lowest BCUT2D eigenvalue weighted by Crippen LogP contribution is -2.58. The minimum Gasteiger partial charge on any atom is -0.480 e. The van der Waals surface area contributed by atoms with Crippen LogP contribution >= 0.6 is 0 Å². The molecule has 0 aromatic rings. The third-order valence-corrected chi connectivity index (χ3v) is 4.70. The van der Waals surface area contributed by atoms with E-state index < -0.39 is 11.5 Å². The first-order valence-electron chi connectivity index (χ1n) is 7.87. The number of aliphatic carboxylic acids is 1. The van der Waals surface area contributed by atoms with Gasteiger partial charge in [0.05, 0.1) is 0 Å². The Hall–Kier alpha value is -0.610. The summed E-state index contributed by atoms with van der Waals surface area (Å²) in [5, 5.41) is 13.0. The van der Waals surface area contributed by atoms with Crippen LogP contribution in [0.25, 0.3) is 0 Å². The normalized spacial score (nSPS) is 31.6. The number of carboxylic acid groups (broad SMARTS) is 1. The quantitative estimate of drug-likeness (QED) is 0.743. The predicted octanol–water partition coefficient (Wildman–Crippen LogP) is 2.24. The molecule has 2 fully saturated rings. The van der Waals surface area contributed by atoms with Crippen LogP contribution in [0.3, 0.4) is 0 Å². The maximum Gasteiger partial charge on any atom is 0.323 e. The lowest BCUT2D eigenvalue weighted by Gasteiger charge is -2.43. The van der Waals surface area contributed by atoms with Crippen molar-refractivity contribution in [2.45, 2.75) is 76.4 Å². The van der Waals surface area contributed by atoms with Crippen molar-refractivity contribution in [1.29, 1.82) is 0 Å². The SMILES string of the molecule is CCCNC1(C(=O)O)CCCC(N(CC)C2CC2)C1. The third-order valence-electron chi connectivity index (χ3n) is 4.70. The van der Waals surface area contributed by atoms with E-state index in [1.54, 1.807) is 0 Å². The summed E-state index contributed by atoms with van der Waals surface area (Å²) in [7, 11) is 0. The summed E-state index contributed by atoms with van der Waals surface area (Å²) in [6.45, 7) is 6.15. The highest BCUT2D eigenvalue weighted by atomic mass is 16.4. The largest absolute Gasteiger partial charge is 0.480 e. The average Bonchev–Trinajstić information content (AvgIpc) is 3.22. The zero-order valence-electron chi connectivity index (χ0n) is 12.3. The maximum atomic E-state index is 11.7. The molecule has 0 saturated heterocycles. The van der Waals surface area contributed by atoms with Crippen molar-refractivity contribution in [3.05, 3.63) is 0 Å². The Balaban J connectivity index is 2.05. The molecule has 0 amide bonds. The molecule has 2 aliphatic rings. The van der Waals surface area contributed by atoms with E-state index in [2.05, 4.69) is 24.1 Å². The Labute approximate surface area is 116 Å². The lowest BCUT2D eigenvalue weighted by atomic mass is 9.78. The minimum atomic E-state index is -0.679. The summed E-state index contributed by atoms with van der Waals surface area (Å²) in [4.78, 5) is 14.3. The van der Waals surface area contributed by atoms with Gasteiger partial charge in [-0.1, -0.05) is 13.8 Å². The summed E-state index contributed by atoms with van der Waals surface area (Å²) in [6, 6.07) is 1.18. The summed E-state index contributed by atoms with van der Waals surface area (Å²) in [6.07, 6.45) is 7.32. The molecule has 0 bridgehead atoms. The van der Waals surface area contributed by atoms with Crippen LogP contribution in [0.5, 0.6) is 0 Å². The Morgan fingerprint density at radius 1 is 1.32 bits per heavy atom. The molecule has 0 aliphatic heterocycles. The van der Waals surface area contributed by atoms with Crippen LogP contribution in [0.2, 0.25) is 0 Å². The zero-order valence-corrected chi connectivity index (χ0v) is 12.3. The van der Waals surface area contributed by atoms with Crippen LogP contribution < -0.4 is 5.32 Å². The molecule has 0 radical (unpaired) electrons. The fourth-order valence-electron chi connectivity index (χ4n) is 3.54. The van der Waals surface area contributed by atoms with Crippen molar-refractivity contribution in [2.24, 2.45) is 0 Å². The predicted molar refractivity (Wildman–Crippen MR) is 76.3 cm³/mol. The summed E-state index contributed by atoms with van der Waals surface area (Å²) >= 11 is 0. The number of hydrogen-bond acceptors (Lipinski definition) is 3. The Morgan fingerprint density at radius 2 is 2.05 bits per heavy atom. The van der Waals surface area contributed by atoms with Gasteiger partial charge in [-0.3, -0.25) is 9.69 Å². The molecule has 0 heterocycles. The van der Waals surface area contributed by atoms with Gasteiger partial charge in [0.2, 0.25) is 0 Å². The Morgan fingerprint density at radius 3 is 2.58 bits per heavy atom. The van der Waals surface area contributed by atoms with Gasteiger partial charge in [-0.05, 0) is 58.0 Å². The monoisotopic (exact) mass is 268 g/mol. The van der Waals surface area contributed by atoms with Crippen molar-refractivity contribution in [3.8, 4) is 0 Å². The van der Waals surface area contributed by atoms with Gasteiger partial charge in [0.1, 0.15) is 5.54 Å². The van der Waals surface area contributed by atoms with Gasteiger partial charge in [0, 0.05) is 12.1 Å². The fraction of sp³-hybridized carbons (Fsp3) is 0.933. The van der Waals surface area contributed by atoms with E-state index in [-0.39, 0.29) is 0 Å². The van der Waals surface area contributed by atoms with E-state index in [1.807, 2.05) is 0 Å². The topological polar surface area (TPSA) is 52.6 Å². The molecule has 2 saturated carbocycles. The molecule has 110 valence electrons. The smallest absolute Gasteiger partial charge is 0.323 e. The first kappa shape index (κ1) is 14.8. The molecular weight excluding hydrogens is 240 g/mol. The number of rotatable bonds is 7. The van der Waals surface area contributed by atoms with Crippen molar-refractivity contribution < 1.29 is 9.90 Å². The second-order valence-corrected chi connectivity index (χ2v) is 6.13. The summed E-state index contributed by atoms with van der Waals surface area (Å²) in [5.41, 5.74) is -0.679. The number of carbonyl (C=O) groups is 1. The highest BCUT2D eigenvalue weighted by molar-refractivity contribution is 5.79. The van der Waals surface area contributed by atoms with Crippen LogP contribution in [-0.4, -0.2) is 46.7 Å². The molecule has 4 heteroatoms. The van der Waals surface area contributed by atoms with Gasteiger partial charge in [-0.15, -0.1) is 0 Å². The second kappa shape index (κ2) is 6.23. The Bertz CT molecular complexity index is 317. The molecule has 19 heavy (non-hydrogen) atoms. The number of nitrogens with one attached hydrogen (secondary N) is 1. The highest BCUT2D eigenvalue weighted by Gasteiger charge is 2.45. The summed E-state index contributed by atoms with van der Waals surface area (Å²) < 4.78 is 0. The molecule has 0 aromatic carbocycles. The molecular formula is C15H28N2O2. The first-order valence-corrected chi connectivity index (χ1v) is 7.87. The summed E-state index contributed by atoms with van der Waals surface area (Å²) in [5.74, 6) is -0.655. The third kappa shape index (κ3) is 3.29. The van der Waals surface area contributed by atoms with Gasteiger partial charge in [-0.2, -0.15) is 0 Å². The van der Waals surface area contributed by atoms with Gasteiger partial charge in [0.25, 0.3) is 0 Å². The highest BCUT2D eigenvalue weighted by Crippen LogP contribution is 2.37. The van der Waals surface area contributed by atoms with E-state index in [0.29, 0.717) is 6.04 Å². The van der Waals surface area contributed by atoms with E-state index in [1.165, 1.54) is 12.8 Å².